The summed E-state index contributed by atoms with van der Waals surface area (Å²) in [5.41, 5.74) is 11.7. The first-order valence-corrected chi connectivity index (χ1v) is 27.6. The summed E-state index contributed by atoms with van der Waals surface area (Å²) in [6.07, 6.45) is 0. The van der Waals surface area contributed by atoms with Crippen molar-refractivity contribution in [3.05, 3.63) is 273 Å². The Labute approximate surface area is 459 Å². The van der Waals surface area contributed by atoms with E-state index in [9.17, 15) is 0 Å². The second kappa shape index (κ2) is 18.2. The Hall–Kier alpha value is -10.3. The van der Waals surface area contributed by atoms with Gasteiger partial charge < -0.3 is 4.90 Å². The van der Waals surface area contributed by atoms with Crippen molar-refractivity contribution in [2.24, 2.45) is 0 Å². The van der Waals surface area contributed by atoms with Crippen LogP contribution in [-0.2, 0) is 0 Å². The van der Waals surface area contributed by atoms with Crippen LogP contribution in [0.15, 0.2) is 273 Å². The summed E-state index contributed by atoms with van der Waals surface area (Å²) in [5.74, 6) is 1.76. The first-order chi connectivity index (χ1) is 39.2. The number of rotatable bonds is 8. The summed E-state index contributed by atoms with van der Waals surface area (Å²) in [6.45, 7) is 0. The molecule has 0 aliphatic carbocycles. The van der Waals surface area contributed by atoms with Crippen LogP contribution in [0.4, 0.5) is 17.1 Å². The third kappa shape index (κ3) is 7.34. The molecule has 0 N–H and O–H groups in total. The highest BCUT2D eigenvalue weighted by Crippen LogP contribution is 2.51. The van der Waals surface area contributed by atoms with Crippen LogP contribution in [0.5, 0.6) is 0 Å². The molecule has 0 unspecified atom stereocenters. The molecule has 0 amide bonds. The van der Waals surface area contributed by atoms with Gasteiger partial charge in [0.2, 0.25) is 5.95 Å². The zero-order chi connectivity index (χ0) is 52.0. The molecule has 3 aromatic heterocycles. The van der Waals surface area contributed by atoms with E-state index in [-0.39, 0.29) is 0 Å². The predicted octanol–water partition coefficient (Wildman–Crippen LogP) is 20.1. The summed E-state index contributed by atoms with van der Waals surface area (Å²) in [4.78, 5) is 18.7. The lowest BCUT2D eigenvalue weighted by atomic mass is 9.92. The predicted molar refractivity (Wildman–Crippen MR) is 334 cm³/mol. The van der Waals surface area contributed by atoms with Gasteiger partial charge >= 0.3 is 0 Å². The molecule has 13 aromatic carbocycles. The van der Waals surface area contributed by atoms with Crippen molar-refractivity contribution >= 4 is 113 Å². The number of benzene rings is 13. The number of hydrogen-bond donors (Lipinski definition) is 0. The normalized spacial score (nSPS) is 11.8. The van der Waals surface area contributed by atoms with Crippen LogP contribution in [0.25, 0.3) is 136 Å². The van der Waals surface area contributed by atoms with Crippen LogP contribution in [0, 0.1) is 0 Å². The first kappa shape index (κ1) is 45.0. The molecule has 3 heterocycles. The lowest BCUT2D eigenvalue weighted by Gasteiger charge is -2.26. The zero-order valence-electron chi connectivity index (χ0n) is 42.6. The van der Waals surface area contributed by atoms with Crippen molar-refractivity contribution in [1.82, 2.24) is 19.5 Å². The minimum absolute atomic E-state index is 0.552. The number of thiophene rings is 1. The summed E-state index contributed by atoms with van der Waals surface area (Å²) >= 11 is 1.86. The molecule has 5 nitrogen and oxygen atoms in total. The SMILES string of the molecule is c1ccc(-c2ccc(-c3nc(-c4ccccc4)nc(-n4c5ccc(N(c6ccccc6)c6ccc(-c7ccccc7)cc6)cc5c5c6ccccc6c6c7cc8c9ccccc9c9ccccc9c8cc7sc6c54)n3)cc2)cc1. The van der Waals surface area contributed by atoms with Gasteiger partial charge in [-0.05, 0) is 120 Å². The average Bonchev–Trinajstić information content (AvgIpc) is 4.31. The minimum Gasteiger partial charge on any atom is -0.310 e. The molecule has 0 atom stereocenters. The minimum atomic E-state index is 0.552. The van der Waals surface area contributed by atoms with Gasteiger partial charge in [0.1, 0.15) is 0 Å². The molecule has 0 bridgehead atoms. The second-order valence-electron chi connectivity index (χ2n) is 20.3. The maximum Gasteiger partial charge on any atom is 0.238 e. The van der Waals surface area contributed by atoms with E-state index in [1.807, 2.05) is 29.5 Å². The van der Waals surface area contributed by atoms with Crippen molar-refractivity contribution < 1.29 is 0 Å². The number of para-hydroxylation sites is 1. The van der Waals surface area contributed by atoms with Crippen molar-refractivity contribution in [2.75, 3.05) is 4.90 Å². The molecular weight excluding hydrogens is 979 g/mol. The average molecular weight is 1020 g/mol. The van der Waals surface area contributed by atoms with Crippen LogP contribution in [0.2, 0.25) is 0 Å². The lowest BCUT2D eigenvalue weighted by Crippen LogP contribution is -2.10. The smallest absolute Gasteiger partial charge is 0.238 e. The Balaban J connectivity index is 1.02. The fourth-order valence-electron chi connectivity index (χ4n) is 12.2. The summed E-state index contributed by atoms with van der Waals surface area (Å²) in [6, 6.07) is 98.1. The molecule has 0 saturated carbocycles. The van der Waals surface area contributed by atoms with Crippen molar-refractivity contribution in [2.45, 2.75) is 0 Å². The first-order valence-electron chi connectivity index (χ1n) is 26.8. The quantitative estimate of drug-likeness (QED) is 0.142. The highest BCUT2D eigenvalue weighted by molar-refractivity contribution is 7.27. The molecule has 368 valence electrons. The van der Waals surface area contributed by atoms with Crippen molar-refractivity contribution in [3.63, 3.8) is 0 Å². The van der Waals surface area contributed by atoms with E-state index in [1.54, 1.807) is 0 Å². The van der Waals surface area contributed by atoms with Gasteiger partial charge in [-0.1, -0.05) is 218 Å². The molecule has 0 aliphatic heterocycles. The molecule has 0 radical (unpaired) electrons. The zero-order valence-corrected chi connectivity index (χ0v) is 43.4. The fraction of sp³-hybridized carbons (Fsp3) is 0. The van der Waals surface area contributed by atoms with Gasteiger partial charge in [-0.3, -0.25) is 4.57 Å². The topological polar surface area (TPSA) is 46.8 Å². The highest BCUT2D eigenvalue weighted by atomic mass is 32.1. The van der Waals surface area contributed by atoms with Gasteiger partial charge in [0.15, 0.2) is 11.6 Å². The van der Waals surface area contributed by atoms with Gasteiger partial charge in [0.05, 0.1) is 15.7 Å². The number of nitrogens with zero attached hydrogens (tertiary/aromatic N) is 5. The van der Waals surface area contributed by atoms with Gasteiger partial charge in [0, 0.05) is 54.4 Å². The Morgan fingerprint density at radius 1 is 0.291 bits per heavy atom. The van der Waals surface area contributed by atoms with Crippen LogP contribution in [0.1, 0.15) is 0 Å². The maximum atomic E-state index is 5.55. The van der Waals surface area contributed by atoms with E-state index < -0.39 is 0 Å². The third-order valence-electron chi connectivity index (χ3n) is 15.8. The van der Waals surface area contributed by atoms with Crippen LogP contribution >= 0.6 is 11.3 Å². The molecule has 0 aliphatic rings. The lowest BCUT2D eigenvalue weighted by molar-refractivity contribution is 0.955. The maximum absolute atomic E-state index is 5.55. The standard InChI is InChI=1S/C73H45N5S/c1-5-19-46(20-6-1)48-33-35-51(36-34-48)72-74-71(50-23-9-3-10-24-50)75-73(76-72)78-65-42-41-54(77(52-25-11-4-12-26-52)53-39-37-49(38-40-53)47-21-7-2-8-22-47)43-63(65)67-59-31-17-18-32-60(59)68-64-44-61-57-29-15-13-27-55(57)56-28-14-16-30-58(56)62(61)45-66(64)79-70(68)69(67)78/h1-45H. The van der Waals surface area contributed by atoms with Crippen LogP contribution in [0.3, 0.4) is 0 Å². The van der Waals surface area contributed by atoms with E-state index in [4.69, 9.17) is 15.0 Å². The van der Waals surface area contributed by atoms with E-state index >= 15 is 0 Å². The summed E-state index contributed by atoms with van der Waals surface area (Å²) in [5, 5.41) is 14.6. The molecule has 16 rings (SSSR count). The van der Waals surface area contributed by atoms with Crippen LogP contribution in [-0.4, -0.2) is 19.5 Å². The van der Waals surface area contributed by atoms with Gasteiger partial charge in [0.25, 0.3) is 0 Å². The van der Waals surface area contributed by atoms with E-state index in [2.05, 4.69) is 264 Å². The van der Waals surface area contributed by atoms with Gasteiger partial charge in [-0.25, -0.2) is 4.98 Å². The van der Waals surface area contributed by atoms with E-state index in [0.29, 0.717) is 17.6 Å². The highest BCUT2D eigenvalue weighted by Gasteiger charge is 2.26. The van der Waals surface area contributed by atoms with Crippen molar-refractivity contribution in [1.29, 1.82) is 0 Å². The molecule has 6 heteroatoms. The number of hydrogen-bond acceptors (Lipinski definition) is 5. The van der Waals surface area contributed by atoms with Crippen molar-refractivity contribution in [3.8, 4) is 51.0 Å². The largest absolute Gasteiger partial charge is 0.310 e. The second-order valence-corrected chi connectivity index (χ2v) is 21.3. The fourth-order valence-corrected chi connectivity index (χ4v) is 13.5. The molecule has 79 heavy (non-hydrogen) atoms. The summed E-state index contributed by atoms with van der Waals surface area (Å²) in [7, 11) is 0. The number of fused-ring (bicyclic) bond motifs is 16. The number of anilines is 3. The Kier molecular flexibility index (Phi) is 10.4. The number of aromatic nitrogens is 4. The summed E-state index contributed by atoms with van der Waals surface area (Å²) < 4.78 is 4.74. The Bertz CT molecular complexity index is 5040. The molecule has 0 fully saturated rings. The van der Waals surface area contributed by atoms with Crippen LogP contribution < -0.4 is 4.90 Å². The molecular formula is C73H45N5S. The van der Waals surface area contributed by atoms with E-state index in [1.165, 1.54) is 74.4 Å². The molecule has 0 spiro atoms. The molecule has 16 aromatic rings. The molecule has 0 saturated heterocycles. The monoisotopic (exact) mass is 1020 g/mol. The Morgan fingerprint density at radius 2 is 0.709 bits per heavy atom. The Morgan fingerprint density at radius 3 is 1.29 bits per heavy atom. The van der Waals surface area contributed by atoms with Gasteiger partial charge in [-0.2, -0.15) is 9.97 Å². The van der Waals surface area contributed by atoms with E-state index in [0.717, 1.165) is 61.1 Å². The third-order valence-corrected chi connectivity index (χ3v) is 17.0. The van der Waals surface area contributed by atoms with Gasteiger partial charge in [-0.15, -0.1) is 11.3 Å².